The van der Waals surface area contributed by atoms with E-state index in [1.807, 2.05) is 22.7 Å². The molecule has 250 valence electrons. The minimum atomic E-state index is 1.23. The largest absolute Gasteiger partial charge is 0.135 e. The predicted octanol–water partition coefficient (Wildman–Crippen LogP) is 16.0. The molecule has 0 aliphatic rings. The van der Waals surface area contributed by atoms with Crippen molar-refractivity contribution in [3.05, 3.63) is 182 Å². The molecule has 12 aromatic rings. The SMILES string of the molecule is c1ccc2c(-c3c4ccccc4c(-c4ccc(-c5cc6sc7cc8sc9ccccc9c8cc7c6c6ccccc56)cc4)c4ccccc34)cccc2c1. The zero-order valence-corrected chi connectivity index (χ0v) is 30.8. The average Bonchev–Trinajstić information content (AvgIpc) is 3.78. The van der Waals surface area contributed by atoms with E-state index < -0.39 is 0 Å². The molecule has 12 rings (SSSR count). The lowest BCUT2D eigenvalue weighted by Crippen LogP contribution is -1.91. The maximum Gasteiger partial charge on any atom is 0.0370 e. The molecule has 2 heterocycles. The van der Waals surface area contributed by atoms with Crippen molar-refractivity contribution in [3.8, 4) is 33.4 Å². The third-order valence-electron chi connectivity index (χ3n) is 11.5. The summed E-state index contributed by atoms with van der Waals surface area (Å²) in [6.07, 6.45) is 0. The van der Waals surface area contributed by atoms with Crippen molar-refractivity contribution in [2.45, 2.75) is 0 Å². The van der Waals surface area contributed by atoms with Crippen LogP contribution in [0, 0.1) is 0 Å². The molecule has 0 fully saturated rings. The van der Waals surface area contributed by atoms with Gasteiger partial charge in [0.25, 0.3) is 0 Å². The van der Waals surface area contributed by atoms with Gasteiger partial charge in [0.05, 0.1) is 0 Å². The van der Waals surface area contributed by atoms with Crippen LogP contribution in [-0.4, -0.2) is 0 Å². The molecule has 0 bridgehead atoms. The van der Waals surface area contributed by atoms with Gasteiger partial charge in [0, 0.05) is 40.3 Å². The van der Waals surface area contributed by atoms with Crippen LogP contribution < -0.4 is 0 Å². The van der Waals surface area contributed by atoms with E-state index in [9.17, 15) is 0 Å². The lowest BCUT2D eigenvalue weighted by atomic mass is 9.84. The fourth-order valence-corrected chi connectivity index (χ4v) is 11.5. The molecular weight excluding hydrogens is 689 g/mol. The topological polar surface area (TPSA) is 0 Å². The molecule has 0 aliphatic heterocycles. The normalized spacial score (nSPS) is 12.1. The first kappa shape index (κ1) is 30.2. The summed E-state index contributed by atoms with van der Waals surface area (Å²) in [6.45, 7) is 0. The van der Waals surface area contributed by atoms with Crippen molar-refractivity contribution in [1.82, 2.24) is 0 Å². The molecule has 0 unspecified atom stereocenters. The van der Waals surface area contributed by atoms with E-state index in [0.717, 1.165) is 0 Å². The maximum absolute atomic E-state index is 2.45. The van der Waals surface area contributed by atoms with Gasteiger partial charge in [0.1, 0.15) is 0 Å². The highest BCUT2D eigenvalue weighted by atomic mass is 32.1. The second-order valence-corrected chi connectivity index (χ2v) is 16.5. The van der Waals surface area contributed by atoms with Crippen molar-refractivity contribution in [2.24, 2.45) is 0 Å². The molecule has 0 radical (unpaired) electrons. The van der Waals surface area contributed by atoms with Gasteiger partial charge in [-0.2, -0.15) is 0 Å². The molecule has 2 heteroatoms. The van der Waals surface area contributed by atoms with E-state index >= 15 is 0 Å². The van der Waals surface area contributed by atoms with Gasteiger partial charge in [-0.15, -0.1) is 22.7 Å². The number of benzene rings is 10. The number of thiophene rings is 2. The second kappa shape index (κ2) is 11.6. The van der Waals surface area contributed by atoms with Crippen molar-refractivity contribution >= 4 is 106 Å². The summed E-state index contributed by atoms with van der Waals surface area (Å²) in [6, 6.07) is 67.8. The minimum absolute atomic E-state index is 1.23. The molecular formula is C52H30S2. The van der Waals surface area contributed by atoms with Gasteiger partial charge >= 0.3 is 0 Å². The second-order valence-electron chi connectivity index (χ2n) is 14.3. The predicted molar refractivity (Wildman–Crippen MR) is 239 cm³/mol. The molecule has 0 atom stereocenters. The first-order valence-corrected chi connectivity index (χ1v) is 20.1. The Kier molecular flexibility index (Phi) is 6.48. The van der Waals surface area contributed by atoms with E-state index in [2.05, 4.69) is 182 Å². The van der Waals surface area contributed by atoms with Crippen LogP contribution in [0.15, 0.2) is 182 Å². The van der Waals surface area contributed by atoms with Gasteiger partial charge < -0.3 is 0 Å². The minimum Gasteiger partial charge on any atom is -0.135 e. The van der Waals surface area contributed by atoms with Crippen molar-refractivity contribution in [2.75, 3.05) is 0 Å². The standard InChI is InChI=1S/C52H30S2/c1-2-14-34-31(12-1)13-11-22-37(34)51-41-20-7-5-18-39(41)50(40-19-6-8-21-42(40)51)33-26-24-32(25-27-33)43-29-49-52(38-17-4-3-15-35(38)43)45-28-44-36-16-9-10-23-46(36)53-47(44)30-48(45)54-49/h1-30H. The summed E-state index contributed by atoms with van der Waals surface area (Å²) in [7, 11) is 0. The third-order valence-corrected chi connectivity index (χ3v) is 13.7. The van der Waals surface area contributed by atoms with Crippen LogP contribution in [0.2, 0.25) is 0 Å². The van der Waals surface area contributed by atoms with Crippen LogP contribution in [0.4, 0.5) is 0 Å². The molecule has 0 aliphatic carbocycles. The highest BCUT2D eigenvalue weighted by Crippen LogP contribution is 2.48. The molecule has 0 N–H and O–H groups in total. The van der Waals surface area contributed by atoms with Crippen LogP contribution >= 0.6 is 22.7 Å². The number of fused-ring (bicyclic) bond motifs is 11. The Labute approximate surface area is 319 Å². The maximum atomic E-state index is 2.45. The fourth-order valence-electron chi connectivity index (χ4n) is 9.09. The fraction of sp³-hybridized carbons (Fsp3) is 0. The smallest absolute Gasteiger partial charge is 0.0370 e. The summed E-state index contributed by atoms with van der Waals surface area (Å²) in [4.78, 5) is 0. The van der Waals surface area contributed by atoms with Gasteiger partial charge in [-0.25, -0.2) is 0 Å². The lowest BCUT2D eigenvalue weighted by Gasteiger charge is -2.19. The zero-order valence-electron chi connectivity index (χ0n) is 29.1. The van der Waals surface area contributed by atoms with Gasteiger partial charge in [-0.3, -0.25) is 0 Å². The number of hydrogen-bond acceptors (Lipinski definition) is 2. The molecule has 0 amide bonds. The summed E-state index contributed by atoms with van der Waals surface area (Å²) in [5, 5.41) is 15.7. The monoisotopic (exact) mass is 718 g/mol. The van der Waals surface area contributed by atoms with E-state index in [4.69, 9.17) is 0 Å². The third kappa shape index (κ3) is 4.36. The first-order chi connectivity index (χ1) is 26.8. The van der Waals surface area contributed by atoms with Gasteiger partial charge in [0.15, 0.2) is 0 Å². The molecule has 0 saturated carbocycles. The highest BCUT2D eigenvalue weighted by molar-refractivity contribution is 7.28. The average molecular weight is 719 g/mol. The molecule has 0 saturated heterocycles. The highest BCUT2D eigenvalue weighted by Gasteiger charge is 2.19. The first-order valence-electron chi connectivity index (χ1n) is 18.5. The quantitative estimate of drug-likeness (QED) is 0.160. The summed E-state index contributed by atoms with van der Waals surface area (Å²) in [5.74, 6) is 0. The van der Waals surface area contributed by atoms with E-state index in [-0.39, 0.29) is 0 Å². The summed E-state index contributed by atoms with van der Waals surface area (Å²) < 4.78 is 5.41. The Bertz CT molecular complexity index is 3430. The molecule has 2 aromatic heterocycles. The molecule has 54 heavy (non-hydrogen) atoms. The van der Waals surface area contributed by atoms with Crippen LogP contribution in [0.25, 0.3) is 117 Å². The Morgan fingerprint density at radius 3 is 1.54 bits per heavy atom. The van der Waals surface area contributed by atoms with Crippen LogP contribution in [0.5, 0.6) is 0 Å². The van der Waals surface area contributed by atoms with E-state index in [1.165, 1.54) is 117 Å². The van der Waals surface area contributed by atoms with Crippen molar-refractivity contribution in [3.63, 3.8) is 0 Å². The van der Waals surface area contributed by atoms with Crippen LogP contribution in [-0.2, 0) is 0 Å². The van der Waals surface area contributed by atoms with Gasteiger partial charge in [-0.1, -0.05) is 158 Å². The van der Waals surface area contributed by atoms with E-state index in [0.29, 0.717) is 0 Å². The lowest BCUT2D eigenvalue weighted by molar-refractivity contribution is 1.65. The Hall–Kier alpha value is -6.32. The van der Waals surface area contributed by atoms with Crippen molar-refractivity contribution in [1.29, 1.82) is 0 Å². The summed E-state index contributed by atoms with van der Waals surface area (Å²) >= 11 is 3.82. The molecule has 0 nitrogen and oxygen atoms in total. The van der Waals surface area contributed by atoms with Crippen LogP contribution in [0.1, 0.15) is 0 Å². The van der Waals surface area contributed by atoms with Crippen LogP contribution in [0.3, 0.4) is 0 Å². The van der Waals surface area contributed by atoms with Gasteiger partial charge in [-0.05, 0) is 101 Å². The summed E-state index contributed by atoms with van der Waals surface area (Å²) in [5.41, 5.74) is 7.62. The Morgan fingerprint density at radius 2 is 0.796 bits per heavy atom. The number of rotatable bonds is 3. The zero-order chi connectivity index (χ0) is 35.3. The molecule has 0 spiro atoms. The van der Waals surface area contributed by atoms with Gasteiger partial charge in [0.2, 0.25) is 0 Å². The van der Waals surface area contributed by atoms with E-state index in [1.54, 1.807) is 0 Å². The Morgan fingerprint density at radius 1 is 0.259 bits per heavy atom. The van der Waals surface area contributed by atoms with Crippen molar-refractivity contribution < 1.29 is 0 Å². The Balaban J connectivity index is 1.05. The molecule has 10 aromatic carbocycles. The number of hydrogen-bond donors (Lipinski definition) is 0.